The molecule has 0 bridgehead atoms. The summed E-state index contributed by atoms with van der Waals surface area (Å²) in [5, 5.41) is 3.91. The number of hydrogen-bond donors (Lipinski definition) is 0. The first-order valence-electron chi connectivity index (χ1n) is 11.9. The van der Waals surface area contributed by atoms with Crippen LogP contribution in [0.2, 0.25) is 0 Å². The zero-order valence-electron chi connectivity index (χ0n) is 20.3. The van der Waals surface area contributed by atoms with Crippen LogP contribution >= 0.6 is 0 Å². The van der Waals surface area contributed by atoms with Gasteiger partial charge in [-0.05, 0) is 69.8 Å². The van der Waals surface area contributed by atoms with Gasteiger partial charge in [0.1, 0.15) is 17.9 Å². The number of alkyl halides is 3. The van der Waals surface area contributed by atoms with E-state index in [2.05, 4.69) is 10.1 Å². The van der Waals surface area contributed by atoms with E-state index in [9.17, 15) is 22.4 Å². The van der Waals surface area contributed by atoms with Crippen molar-refractivity contribution < 1.29 is 31.6 Å². The maximum Gasteiger partial charge on any atom is 0.417 e. The van der Waals surface area contributed by atoms with Crippen molar-refractivity contribution in [1.82, 2.24) is 10.1 Å². The van der Waals surface area contributed by atoms with Gasteiger partial charge in [-0.2, -0.15) is 18.2 Å². The summed E-state index contributed by atoms with van der Waals surface area (Å²) in [7, 11) is 0. The number of halogens is 4. The van der Waals surface area contributed by atoms with E-state index in [0.717, 1.165) is 18.4 Å². The molecule has 196 valence electrons. The van der Waals surface area contributed by atoms with E-state index in [-0.39, 0.29) is 29.7 Å². The molecule has 5 rings (SSSR count). The molecule has 0 aliphatic carbocycles. The van der Waals surface area contributed by atoms with Gasteiger partial charge in [-0.25, -0.2) is 4.39 Å². The zero-order valence-corrected chi connectivity index (χ0v) is 20.3. The molecule has 4 aromatic carbocycles. The number of rotatable bonds is 8. The molecule has 0 aliphatic rings. The molecule has 5 nitrogen and oxygen atoms in total. The Bertz CT molecular complexity index is 1620. The fourth-order valence-corrected chi connectivity index (χ4v) is 4.31. The zero-order chi connectivity index (χ0) is 27.4. The molecule has 0 atom stereocenters. The van der Waals surface area contributed by atoms with Crippen molar-refractivity contribution in [2.24, 2.45) is 0 Å². The maximum atomic E-state index is 14.2. The van der Waals surface area contributed by atoms with E-state index in [0.29, 0.717) is 33.8 Å². The summed E-state index contributed by atoms with van der Waals surface area (Å²) in [6.45, 7) is 0.102. The highest BCUT2D eigenvalue weighted by Gasteiger charge is 2.34. The number of aromatic nitrogens is 2. The van der Waals surface area contributed by atoms with Crippen LogP contribution in [0.5, 0.6) is 5.75 Å². The second-order valence-electron chi connectivity index (χ2n) is 8.62. The first-order valence-corrected chi connectivity index (χ1v) is 11.9. The number of nitrogens with zero attached hydrogens (tertiary/aromatic N) is 2. The Morgan fingerprint density at radius 2 is 1.59 bits per heavy atom. The quantitative estimate of drug-likeness (QED) is 0.116. The first-order chi connectivity index (χ1) is 18.8. The Labute approximate surface area is 220 Å². The van der Waals surface area contributed by atoms with Crippen LogP contribution in [0.25, 0.3) is 44.8 Å². The van der Waals surface area contributed by atoms with Gasteiger partial charge in [-0.1, -0.05) is 53.7 Å². The average Bonchev–Trinajstić information content (AvgIpc) is 3.47. The van der Waals surface area contributed by atoms with E-state index in [4.69, 9.17) is 9.26 Å². The van der Waals surface area contributed by atoms with Gasteiger partial charge in [0, 0.05) is 12.0 Å². The molecular weight excluding hydrogens is 512 g/mol. The fourth-order valence-electron chi connectivity index (χ4n) is 4.31. The highest BCUT2D eigenvalue weighted by atomic mass is 19.4. The SMILES string of the molecule is O=CCCOc1cc(-c2ccc(-c3cccc(F)c3)c(C(F)(F)F)c2)cc(-c2ccccc2-c2ncon2)c1. The molecule has 0 N–H and O–H groups in total. The van der Waals surface area contributed by atoms with E-state index in [1.165, 1.54) is 30.7 Å². The van der Waals surface area contributed by atoms with E-state index < -0.39 is 17.6 Å². The summed E-state index contributed by atoms with van der Waals surface area (Å²) in [5.74, 6) is 0.0862. The van der Waals surface area contributed by atoms with Crippen LogP contribution in [0.15, 0.2) is 95.8 Å². The minimum atomic E-state index is -4.69. The summed E-state index contributed by atoms with van der Waals surface area (Å²) in [6, 6.07) is 21.3. The molecule has 0 spiro atoms. The molecule has 0 aliphatic heterocycles. The Hall–Kier alpha value is -4.79. The van der Waals surface area contributed by atoms with Crippen LogP contribution in [0.1, 0.15) is 12.0 Å². The van der Waals surface area contributed by atoms with Crippen molar-refractivity contribution in [3.8, 4) is 50.5 Å². The molecule has 1 heterocycles. The molecule has 0 amide bonds. The molecule has 0 unspecified atom stereocenters. The third-order valence-electron chi connectivity index (χ3n) is 6.05. The highest BCUT2D eigenvalue weighted by molar-refractivity contribution is 5.84. The molecule has 0 radical (unpaired) electrons. The Morgan fingerprint density at radius 3 is 2.31 bits per heavy atom. The van der Waals surface area contributed by atoms with Gasteiger partial charge in [0.25, 0.3) is 0 Å². The number of benzene rings is 4. The lowest BCUT2D eigenvalue weighted by Gasteiger charge is -2.17. The summed E-state index contributed by atoms with van der Waals surface area (Å²) in [4.78, 5) is 14.9. The largest absolute Gasteiger partial charge is 0.493 e. The first kappa shape index (κ1) is 25.8. The predicted molar refractivity (Wildman–Crippen MR) is 137 cm³/mol. The second-order valence-corrected chi connectivity index (χ2v) is 8.62. The van der Waals surface area contributed by atoms with Crippen molar-refractivity contribution in [1.29, 1.82) is 0 Å². The predicted octanol–water partition coefficient (Wildman–Crippen LogP) is 7.86. The van der Waals surface area contributed by atoms with Crippen molar-refractivity contribution in [2.45, 2.75) is 12.6 Å². The Kier molecular flexibility index (Phi) is 7.23. The molecule has 0 saturated carbocycles. The summed E-state index contributed by atoms with van der Waals surface area (Å²) in [6.07, 6.45) is -2.62. The monoisotopic (exact) mass is 532 g/mol. The standard InChI is InChI=1S/C30H20F4N2O3/c31-23-6-3-5-20(14-23)26-10-9-19(17-28(26)30(32,33)34)21-13-22(16-24(15-21)38-12-4-11-37)25-7-1-2-8-27(25)29-35-18-39-36-29/h1-3,5-11,13-18H,4,12H2. The number of ether oxygens (including phenoxy) is 1. The number of carbonyl (C=O) groups excluding carboxylic acids is 1. The lowest BCUT2D eigenvalue weighted by atomic mass is 9.92. The fraction of sp³-hybridized carbons (Fsp3) is 0.100. The van der Waals surface area contributed by atoms with Gasteiger partial charge >= 0.3 is 6.18 Å². The van der Waals surface area contributed by atoms with Crippen LogP contribution < -0.4 is 4.74 Å². The van der Waals surface area contributed by atoms with Crippen molar-refractivity contribution in [3.63, 3.8) is 0 Å². The molecule has 5 aromatic rings. The third-order valence-corrected chi connectivity index (χ3v) is 6.05. The molecular formula is C30H20F4N2O3. The van der Waals surface area contributed by atoms with Crippen LogP contribution in [0, 0.1) is 5.82 Å². The normalized spacial score (nSPS) is 11.4. The molecule has 1 aromatic heterocycles. The van der Waals surface area contributed by atoms with Gasteiger partial charge in [0.05, 0.1) is 12.2 Å². The minimum absolute atomic E-state index is 0.102. The Morgan fingerprint density at radius 1 is 0.795 bits per heavy atom. The van der Waals surface area contributed by atoms with Gasteiger partial charge in [-0.15, -0.1) is 0 Å². The van der Waals surface area contributed by atoms with Crippen LogP contribution in [0.4, 0.5) is 17.6 Å². The van der Waals surface area contributed by atoms with Gasteiger partial charge in [0.15, 0.2) is 0 Å². The smallest absolute Gasteiger partial charge is 0.417 e. The maximum absolute atomic E-state index is 14.2. The Balaban J connectivity index is 1.66. The summed E-state index contributed by atoms with van der Waals surface area (Å²) >= 11 is 0. The number of hydrogen-bond acceptors (Lipinski definition) is 5. The highest BCUT2D eigenvalue weighted by Crippen LogP contribution is 2.41. The molecule has 39 heavy (non-hydrogen) atoms. The molecule has 0 saturated heterocycles. The minimum Gasteiger partial charge on any atom is -0.493 e. The van der Waals surface area contributed by atoms with Gasteiger partial charge in [0.2, 0.25) is 12.2 Å². The van der Waals surface area contributed by atoms with Crippen molar-refractivity contribution in [2.75, 3.05) is 6.61 Å². The lowest BCUT2D eigenvalue weighted by molar-refractivity contribution is -0.137. The lowest BCUT2D eigenvalue weighted by Crippen LogP contribution is -2.07. The van der Waals surface area contributed by atoms with Crippen LogP contribution in [0.3, 0.4) is 0 Å². The van der Waals surface area contributed by atoms with Gasteiger partial charge in [-0.3, -0.25) is 0 Å². The van der Waals surface area contributed by atoms with Crippen LogP contribution in [-0.4, -0.2) is 23.0 Å². The number of aldehydes is 1. The van der Waals surface area contributed by atoms with E-state index in [1.54, 1.807) is 36.4 Å². The second kappa shape index (κ2) is 10.9. The summed E-state index contributed by atoms with van der Waals surface area (Å²) < 4.78 is 67.0. The van der Waals surface area contributed by atoms with Crippen molar-refractivity contribution in [3.05, 3.63) is 103 Å². The van der Waals surface area contributed by atoms with Crippen LogP contribution in [-0.2, 0) is 11.0 Å². The molecule has 0 fully saturated rings. The summed E-state index contributed by atoms with van der Waals surface area (Å²) in [5.41, 5.74) is 1.81. The van der Waals surface area contributed by atoms with Gasteiger partial charge < -0.3 is 14.1 Å². The number of carbonyl (C=O) groups is 1. The van der Waals surface area contributed by atoms with E-state index in [1.807, 2.05) is 12.1 Å². The third kappa shape index (κ3) is 5.72. The van der Waals surface area contributed by atoms with E-state index >= 15 is 0 Å². The molecule has 9 heteroatoms. The topological polar surface area (TPSA) is 65.2 Å². The average molecular weight is 532 g/mol. The van der Waals surface area contributed by atoms with Crippen molar-refractivity contribution >= 4 is 6.29 Å².